The molecule has 4 unspecified atom stereocenters. The molecule has 2 aliphatic rings. The van der Waals surface area contributed by atoms with Gasteiger partial charge in [-0.15, -0.1) is 0 Å². The van der Waals surface area contributed by atoms with Crippen LogP contribution in [0.2, 0.25) is 0 Å². The van der Waals surface area contributed by atoms with Gasteiger partial charge in [0.15, 0.2) is 18.2 Å². The Bertz CT molecular complexity index is 3410. The number of carbonyl (C=O) groups is 6. The number of esters is 2. The van der Waals surface area contributed by atoms with Crippen molar-refractivity contribution in [2.75, 3.05) is 23.7 Å². The first kappa shape index (κ1) is 60.6. The molecule has 7 aromatic rings. The van der Waals surface area contributed by atoms with Crippen molar-refractivity contribution >= 4 is 58.3 Å². The molecule has 0 saturated heterocycles. The van der Waals surface area contributed by atoms with Crippen LogP contribution in [0.3, 0.4) is 0 Å². The van der Waals surface area contributed by atoms with Crippen molar-refractivity contribution in [1.29, 1.82) is 0 Å². The van der Waals surface area contributed by atoms with E-state index in [1.165, 1.54) is 6.07 Å². The predicted octanol–water partition coefficient (Wildman–Crippen LogP) is 5.35. The van der Waals surface area contributed by atoms with Gasteiger partial charge < -0.3 is 60.8 Å². The van der Waals surface area contributed by atoms with Crippen LogP contribution in [0.5, 0.6) is 28.7 Å². The highest BCUT2D eigenvalue weighted by Crippen LogP contribution is 2.56. The van der Waals surface area contributed by atoms with Gasteiger partial charge in [-0.1, -0.05) is 80.8 Å². The maximum Gasteiger partial charge on any atom is 0.413 e. The minimum absolute atomic E-state index is 0.128. The van der Waals surface area contributed by atoms with E-state index in [-0.39, 0.29) is 66.3 Å². The highest BCUT2D eigenvalue weighted by Gasteiger charge is 2.53. The number of benzene rings is 6. The van der Waals surface area contributed by atoms with Crippen molar-refractivity contribution in [3.63, 3.8) is 0 Å². The maximum atomic E-state index is 13.8. The molecule has 0 fully saturated rings. The SMILES string of the molecule is CCCCCCC(=O)Oc1ccc2c(C)cc(=O)oc2c1.NC([NH3+])NCCC(NC(=O)Oc1ccccc1)C(=O)Nc1ccc2c(c1)Oc1cc(NC(=O)C(CCNC(N)[NH3+])NC(=O)Oc3ccccc3)ccc1C21OC(=O)c2ccccc21. The number of carbonyl (C=O) groups excluding carboxylic acids is 6. The molecule has 3 heterocycles. The Balaban J connectivity index is 0.000000368. The molecule has 16 N–H and O–H groups in total. The summed E-state index contributed by atoms with van der Waals surface area (Å²) in [6.07, 6.45) is 1.92. The Morgan fingerprint density at radius 2 is 1.13 bits per heavy atom. The molecule has 4 atom stereocenters. The summed E-state index contributed by atoms with van der Waals surface area (Å²) in [5.74, 6) is -0.508. The molecule has 438 valence electrons. The second-order valence-electron chi connectivity index (χ2n) is 19.8. The van der Waals surface area contributed by atoms with Crippen LogP contribution in [0.25, 0.3) is 11.0 Å². The Morgan fingerprint density at radius 3 is 1.67 bits per heavy atom. The fourth-order valence-corrected chi connectivity index (χ4v) is 9.44. The van der Waals surface area contributed by atoms with Crippen LogP contribution in [-0.4, -0.2) is 73.7 Å². The number of quaternary nitrogens is 2. The van der Waals surface area contributed by atoms with Crippen LogP contribution in [0.1, 0.15) is 84.5 Å². The number of para-hydroxylation sites is 2. The van der Waals surface area contributed by atoms with E-state index in [0.29, 0.717) is 40.0 Å². The van der Waals surface area contributed by atoms with Crippen molar-refractivity contribution in [2.24, 2.45) is 11.5 Å². The molecule has 1 aromatic heterocycles. The minimum atomic E-state index is -1.48. The summed E-state index contributed by atoms with van der Waals surface area (Å²) >= 11 is 0. The average Bonchev–Trinajstić information content (AvgIpc) is 1.64. The number of unbranched alkanes of at least 4 members (excludes halogenated alkanes) is 3. The average molecular weight is 1150 g/mol. The van der Waals surface area contributed by atoms with E-state index >= 15 is 0 Å². The van der Waals surface area contributed by atoms with E-state index < -0.39 is 65.9 Å². The Hall–Kier alpha value is -9.49. The standard InChI is InChI=1S/C44H46N10O9.C17H20O4/c45-40(46)49-21-19-33(53-42(58)60-27-9-3-1-4-10-27)37(55)51-25-15-17-31-35(23-25)62-36-24-26(16-18-32(36)44(31)30-14-8-7-13-29(30)39(57)63-44)52-38(56)34(20-22-50-41(47)48)54-43(59)61-28-11-5-2-6-12-28;1-3-4-5-6-7-16(18)20-13-8-9-14-12(2)10-17(19)21-15(14)11-13/h1-18,23-24,33-34,40-41,49-50H,19-22,45-48H2,(H,51,55)(H,52,56)(H,53,58)(H,54,59);8-11H,3-7H2,1-2H3/p+2. The lowest BCUT2D eigenvalue weighted by Crippen LogP contribution is -2.73. The molecule has 1 spiro atoms. The van der Waals surface area contributed by atoms with Gasteiger partial charge in [-0.25, -0.2) is 19.2 Å². The van der Waals surface area contributed by atoms with Gasteiger partial charge >= 0.3 is 29.8 Å². The Morgan fingerprint density at radius 1 is 0.595 bits per heavy atom. The van der Waals surface area contributed by atoms with Crippen LogP contribution in [-0.2, 0) is 24.7 Å². The first-order valence-electron chi connectivity index (χ1n) is 27.4. The largest absolute Gasteiger partial charge is 0.456 e. The topological polar surface area (TPSA) is 358 Å². The number of aryl methyl sites for hydroxylation is 1. The summed E-state index contributed by atoms with van der Waals surface area (Å²) in [6, 6.07) is 38.0. The van der Waals surface area contributed by atoms with Gasteiger partial charge in [-0.05, 0) is 98.5 Å². The molecule has 23 nitrogen and oxygen atoms in total. The van der Waals surface area contributed by atoms with Gasteiger partial charge in [0.2, 0.25) is 11.8 Å². The number of hydrogen-bond acceptors (Lipinski definition) is 17. The summed E-state index contributed by atoms with van der Waals surface area (Å²) in [6.45, 7) is 4.45. The van der Waals surface area contributed by atoms with E-state index in [9.17, 15) is 33.6 Å². The normalized spacial score (nSPS) is 15.0. The molecule has 0 saturated carbocycles. The van der Waals surface area contributed by atoms with E-state index in [4.69, 9.17) is 39.6 Å². The molecule has 4 amide bonds. The highest BCUT2D eigenvalue weighted by atomic mass is 16.6. The lowest BCUT2D eigenvalue weighted by atomic mass is 9.77. The lowest BCUT2D eigenvalue weighted by molar-refractivity contribution is -0.427. The monoisotopic (exact) mass is 1150 g/mol. The molecule has 9 rings (SSSR count). The van der Waals surface area contributed by atoms with Crippen LogP contribution in [0, 0.1) is 6.92 Å². The third-order valence-corrected chi connectivity index (χ3v) is 13.4. The third kappa shape index (κ3) is 15.7. The summed E-state index contributed by atoms with van der Waals surface area (Å²) in [4.78, 5) is 90.0. The fourth-order valence-electron chi connectivity index (χ4n) is 9.44. The van der Waals surface area contributed by atoms with E-state index in [2.05, 4.69) is 50.3 Å². The maximum absolute atomic E-state index is 13.8. The van der Waals surface area contributed by atoms with Crippen LogP contribution in [0.4, 0.5) is 21.0 Å². The molecular weight excluding hydrogens is 1080 g/mol. The van der Waals surface area contributed by atoms with Crippen molar-refractivity contribution < 1.29 is 68.3 Å². The number of amides is 4. The van der Waals surface area contributed by atoms with Gasteiger partial charge in [0.05, 0.1) is 5.56 Å². The molecule has 0 aliphatic carbocycles. The van der Waals surface area contributed by atoms with Crippen molar-refractivity contribution in [3.05, 3.63) is 184 Å². The van der Waals surface area contributed by atoms with Crippen molar-refractivity contribution in [2.45, 2.75) is 89.1 Å². The van der Waals surface area contributed by atoms with Crippen LogP contribution < -0.4 is 79.4 Å². The zero-order chi connectivity index (χ0) is 59.8. The summed E-state index contributed by atoms with van der Waals surface area (Å²) in [5, 5.41) is 17.6. The smallest absolute Gasteiger partial charge is 0.413 e. The van der Waals surface area contributed by atoms with Crippen molar-refractivity contribution in [1.82, 2.24) is 21.3 Å². The first-order valence-corrected chi connectivity index (χ1v) is 27.4. The number of anilines is 2. The first-order chi connectivity index (χ1) is 40.5. The Labute approximate surface area is 483 Å². The molecule has 0 radical (unpaired) electrons. The quantitative estimate of drug-likeness (QED) is 0.0134. The molecule has 23 heteroatoms. The van der Waals surface area contributed by atoms with Crippen molar-refractivity contribution in [3.8, 4) is 28.7 Å². The number of nitrogens with two attached hydrogens (primary N) is 2. The van der Waals surface area contributed by atoms with Crippen LogP contribution in [0.15, 0.2) is 155 Å². The zero-order valence-corrected chi connectivity index (χ0v) is 46.4. The van der Waals surface area contributed by atoms with Gasteiger partial charge in [-0.2, -0.15) is 0 Å². The minimum Gasteiger partial charge on any atom is -0.456 e. The summed E-state index contributed by atoms with van der Waals surface area (Å²) < 4.78 is 33.9. The van der Waals surface area contributed by atoms with E-state index in [1.807, 2.05) is 6.92 Å². The van der Waals surface area contributed by atoms with Gasteiger partial charge in [0, 0.05) is 77.2 Å². The molecule has 6 aromatic carbocycles. The van der Waals surface area contributed by atoms with Gasteiger partial charge in [0.25, 0.3) is 0 Å². The Kier molecular flexibility index (Phi) is 20.5. The molecule has 2 aliphatic heterocycles. The second-order valence-corrected chi connectivity index (χ2v) is 19.8. The zero-order valence-electron chi connectivity index (χ0n) is 46.4. The highest BCUT2D eigenvalue weighted by molar-refractivity contribution is 6.00. The van der Waals surface area contributed by atoms with E-state index in [0.717, 1.165) is 36.6 Å². The molecular formula is C61H68N10O13+2. The number of nitrogens with one attached hydrogen (secondary N) is 6. The number of fused-ring (bicyclic) bond motifs is 7. The van der Waals surface area contributed by atoms with Crippen LogP contribution >= 0.6 is 0 Å². The van der Waals surface area contributed by atoms with Gasteiger partial charge in [0.1, 0.15) is 46.4 Å². The third-order valence-electron chi connectivity index (χ3n) is 13.4. The lowest BCUT2D eigenvalue weighted by Gasteiger charge is -2.37. The summed E-state index contributed by atoms with van der Waals surface area (Å²) in [5.41, 5.74) is 20.7. The van der Waals surface area contributed by atoms with Gasteiger partial charge in [-0.3, -0.25) is 36.5 Å². The molecule has 84 heavy (non-hydrogen) atoms. The molecule has 0 bridgehead atoms. The van der Waals surface area contributed by atoms with E-state index in [1.54, 1.807) is 140 Å². The predicted molar refractivity (Wildman–Crippen MR) is 309 cm³/mol. The second kappa shape index (κ2) is 28.5. The number of hydrogen-bond donors (Lipinski definition) is 10. The number of rotatable bonds is 22. The fraction of sp³-hybridized carbons (Fsp3) is 0.262. The summed E-state index contributed by atoms with van der Waals surface area (Å²) in [7, 11) is 0. The number of ether oxygens (including phenoxy) is 5.